The molecule has 1 amide bonds. The Balaban J connectivity index is 1.70. The number of carbonyl (C=O) groups excluding carboxylic acids is 1. The second-order valence-corrected chi connectivity index (χ2v) is 5.45. The molecule has 0 fully saturated rings. The van der Waals surface area contributed by atoms with Crippen molar-refractivity contribution in [2.45, 2.75) is 13.1 Å². The number of pyridine rings is 2. The van der Waals surface area contributed by atoms with Crippen molar-refractivity contribution in [2.24, 2.45) is 0 Å². The molecule has 114 valence electrons. The number of hydroxylamine groups is 1. The number of anilines is 1. The summed E-state index contributed by atoms with van der Waals surface area (Å²) in [6.07, 6.45) is 1.75. The smallest absolute Gasteiger partial charge is 0.274 e. The van der Waals surface area contributed by atoms with Crippen molar-refractivity contribution in [3.05, 3.63) is 65.4 Å². The zero-order chi connectivity index (χ0) is 15.8. The van der Waals surface area contributed by atoms with Gasteiger partial charge in [-0.15, -0.1) is 0 Å². The highest BCUT2D eigenvalue weighted by atomic mass is 16.5. The molecule has 0 saturated carbocycles. The van der Waals surface area contributed by atoms with Crippen LogP contribution in [0.2, 0.25) is 0 Å². The number of carbonyl (C=O) groups is 1. The van der Waals surface area contributed by atoms with Gasteiger partial charge in [0.05, 0.1) is 11.0 Å². The third-order valence-corrected chi connectivity index (χ3v) is 4.09. The normalized spacial score (nSPS) is 13.2. The van der Waals surface area contributed by atoms with Gasteiger partial charge in [-0.3, -0.25) is 15.0 Å². The molecule has 0 saturated heterocycles. The van der Waals surface area contributed by atoms with E-state index in [4.69, 9.17) is 5.21 Å². The first-order valence-corrected chi connectivity index (χ1v) is 7.28. The molecule has 1 aliphatic rings. The molecule has 0 aliphatic carbocycles. The van der Waals surface area contributed by atoms with Gasteiger partial charge >= 0.3 is 0 Å². The summed E-state index contributed by atoms with van der Waals surface area (Å²) in [4.78, 5) is 22.8. The SMILES string of the molecule is O=C(NO)c1cccc2c1CN(c1ccc3ncccc3n1)C2. The number of nitrogens with one attached hydrogen (secondary N) is 1. The predicted molar refractivity (Wildman–Crippen MR) is 85.1 cm³/mol. The number of hydrogen-bond donors (Lipinski definition) is 2. The fourth-order valence-corrected chi connectivity index (χ4v) is 2.98. The Kier molecular flexibility index (Phi) is 3.17. The third kappa shape index (κ3) is 2.29. The molecular weight excluding hydrogens is 292 g/mol. The standard InChI is InChI=1S/C17H14N4O2/c22-17(20-23)12-4-1-3-11-9-21(10-13(11)12)16-7-6-14-15(19-16)5-2-8-18-14/h1-8,23H,9-10H2,(H,20,22). The molecule has 3 heterocycles. The number of nitrogens with zero attached hydrogens (tertiary/aromatic N) is 3. The van der Waals surface area contributed by atoms with Gasteiger partial charge in [-0.25, -0.2) is 10.5 Å². The van der Waals surface area contributed by atoms with E-state index in [-0.39, 0.29) is 0 Å². The van der Waals surface area contributed by atoms with Gasteiger partial charge < -0.3 is 4.90 Å². The van der Waals surface area contributed by atoms with Crippen LogP contribution in [0.25, 0.3) is 11.0 Å². The fraction of sp³-hybridized carbons (Fsp3) is 0.118. The van der Waals surface area contributed by atoms with Crippen molar-refractivity contribution in [3.8, 4) is 0 Å². The van der Waals surface area contributed by atoms with Gasteiger partial charge in [0.25, 0.3) is 5.91 Å². The lowest BCUT2D eigenvalue weighted by molar-refractivity contribution is 0.0705. The van der Waals surface area contributed by atoms with E-state index in [0.29, 0.717) is 18.7 Å². The van der Waals surface area contributed by atoms with Crippen molar-refractivity contribution in [1.82, 2.24) is 15.4 Å². The van der Waals surface area contributed by atoms with E-state index in [1.807, 2.05) is 36.4 Å². The van der Waals surface area contributed by atoms with E-state index in [1.54, 1.807) is 17.7 Å². The van der Waals surface area contributed by atoms with Crippen LogP contribution < -0.4 is 10.4 Å². The summed E-state index contributed by atoms with van der Waals surface area (Å²) >= 11 is 0. The molecule has 6 nitrogen and oxygen atoms in total. The fourth-order valence-electron chi connectivity index (χ4n) is 2.98. The second kappa shape index (κ2) is 5.33. The predicted octanol–water partition coefficient (Wildman–Crippen LogP) is 2.27. The quantitative estimate of drug-likeness (QED) is 0.561. The number of amides is 1. The molecule has 4 rings (SSSR count). The Morgan fingerprint density at radius 1 is 1.09 bits per heavy atom. The van der Waals surface area contributed by atoms with Crippen molar-refractivity contribution in [1.29, 1.82) is 0 Å². The lowest BCUT2D eigenvalue weighted by Gasteiger charge is -2.16. The van der Waals surface area contributed by atoms with Crippen LogP contribution in [0, 0.1) is 0 Å². The van der Waals surface area contributed by atoms with Crippen LogP contribution in [0.3, 0.4) is 0 Å². The van der Waals surface area contributed by atoms with E-state index in [1.165, 1.54) is 0 Å². The van der Waals surface area contributed by atoms with Gasteiger partial charge in [-0.05, 0) is 41.5 Å². The Labute approximate surface area is 132 Å². The molecule has 2 aromatic heterocycles. The Hall–Kier alpha value is -2.99. The first-order valence-electron chi connectivity index (χ1n) is 7.28. The van der Waals surface area contributed by atoms with E-state index in [9.17, 15) is 4.79 Å². The molecule has 0 atom stereocenters. The number of hydrogen-bond acceptors (Lipinski definition) is 5. The van der Waals surface area contributed by atoms with Crippen molar-refractivity contribution in [3.63, 3.8) is 0 Å². The molecule has 23 heavy (non-hydrogen) atoms. The summed E-state index contributed by atoms with van der Waals surface area (Å²) in [6, 6.07) is 13.2. The van der Waals surface area contributed by atoms with Crippen LogP contribution in [-0.2, 0) is 13.1 Å². The highest BCUT2D eigenvalue weighted by Gasteiger charge is 2.25. The number of rotatable bonds is 2. The zero-order valence-electron chi connectivity index (χ0n) is 12.2. The lowest BCUT2D eigenvalue weighted by atomic mass is 10.0. The summed E-state index contributed by atoms with van der Waals surface area (Å²) in [5.41, 5.74) is 5.89. The molecule has 0 radical (unpaired) electrons. The van der Waals surface area contributed by atoms with Gasteiger partial charge in [-0.1, -0.05) is 12.1 Å². The van der Waals surface area contributed by atoms with Gasteiger partial charge in [0.2, 0.25) is 0 Å². The average molecular weight is 306 g/mol. The summed E-state index contributed by atoms with van der Waals surface area (Å²) in [5, 5.41) is 8.89. The molecular formula is C17H14N4O2. The van der Waals surface area contributed by atoms with Crippen LogP contribution >= 0.6 is 0 Å². The van der Waals surface area contributed by atoms with Crippen LogP contribution in [-0.4, -0.2) is 21.1 Å². The highest BCUT2D eigenvalue weighted by Crippen LogP contribution is 2.30. The van der Waals surface area contributed by atoms with Gasteiger partial charge in [-0.2, -0.15) is 0 Å². The van der Waals surface area contributed by atoms with Crippen LogP contribution in [0.4, 0.5) is 5.82 Å². The Morgan fingerprint density at radius 2 is 2.00 bits per heavy atom. The molecule has 0 spiro atoms. The maximum atomic E-state index is 11.8. The molecule has 3 aromatic rings. The van der Waals surface area contributed by atoms with Gasteiger partial charge in [0, 0.05) is 24.8 Å². The van der Waals surface area contributed by atoms with Crippen molar-refractivity contribution >= 4 is 22.8 Å². The summed E-state index contributed by atoms with van der Waals surface area (Å²) in [7, 11) is 0. The Morgan fingerprint density at radius 3 is 2.87 bits per heavy atom. The largest absolute Gasteiger partial charge is 0.348 e. The van der Waals surface area contributed by atoms with Gasteiger partial charge in [0.15, 0.2) is 0 Å². The summed E-state index contributed by atoms with van der Waals surface area (Å²) < 4.78 is 0. The van der Waals surface area contributed by atoms with E-state index in [2.05, 4.69) is 14.9 Å². The highest BCUT2D eigenvalue weighted by molar-refractivity contribution is 5.95. The average Bonchev–Trinajstić information content (AvgIpc) is 3.04. The van der Waals surface area contributed by atoms with Crippen LogP contribution in [0.5, 0.6) is 0 Å². The minimum Gasteiger partial charge on any atom is -0.348 e. The molecule has 0 unspecified atom stereocenters. The maximum absolute atomic E-state index is 11.8. The zero-order valence-corrected chi connectivity index (χ0v) is 12.2. The first-order chi connectivity index (χ1) is 11.3. The maximum Gasteiger partial charge on any atom is 0.274 e. The molecule has 1 aliphatic heterocycles. The lowest BCUT2D eigenvalue weighted by Crippen LogP contribution is -2.21. The van der Waals surface area contributed by atoms with E-state index >= 15 is 0 Å². The third-order valence-electron chi connectivity index (χ3n) is 4.09. The van der Waals surface area contributed by atoms with E-state index in [0.717, 1.165) is 28.0 Å². The van der Waals surface area contributed by atoms with Crippen LogP contribution in [0.15, 0.2) is 48.7 Å². The second-order valence-electron chi connectivity index (χ2n) is 5.45. The Bertz CT molecular complexity index is 910. The molecule has 1 aromatic carbocycles. The number of aromatic nitrogens is 2. The number of fused-ring (bicyclic) bond motifs is 2. The minimum atomic E-state index is -0.487. The molecule has 0 bridgehead atoms. The van der Waals surface area contributed by atoms with E-state index < -0.39 is 5.91 Å². The molecule has 2 N–H and O–H groups in total. The first kappa shape index (κ1) is 13.7. The monoisotopic (exact) mass is 306 g/mol. The van der Waals surface area contributed by atoms with Crippen molar-refractivity contribution < 1.29 is 10.0 Å². The van der Waals surface area contributed by atoms with Crippen LogP contribution in [0.1, 0.15) is 21.5 Å². The summed E-state index contributed by atoms with van der Waals surface area (Å²) in [5.74, 6) is 0.358. The van der Waals surface area contributed by atoms with Gasteiger partial charge in [0.1, 0.15) is 5.82 Å². The molecule has 6 heteroatoms. The number of benzene rings is 1. The van der Waals surface area contributed by atoms with Crippen molar-refractivity contribution in [2.75, 3.05) is 4.90 Å². The minimum absolute atomic E-state index is 0.487. The summed E-state index contributed by atoms with van der Waals surface area (Å²) in [6.45, 7) is 1.26. The topological polar surface area (TPSA) is 78.4 Å².